The van der Waals surface area contributed by atoms with Crippen molar-refractivity contribution in [1.82, 2.24) is 4.98 Å². The predicted molar refractivity (Wildman–Crippen MR) is 89.8 cm³/mol. The van der Waals surface area contributed by atoms with Crippen molar-refractivity contribution in [3.05, 3.63) is 24.1 Å². The standard InChI is InChI=1S/C17H23N3O4/c1-22-7-4-15-20-13-10-12(2-3-14(13)24-15)19-16(21)17(11-18)5-8-23-9-6-17/h2-3,10H,4-9,11,18H2,1H3,(H,19,21). The molecule has 0 atom stereocenters. The second-order valence-electron chi connectivity index (χ2n) is 6.08. The Labute approximate surface area is 140 Å². The number of nitrogens with two attached hydrogens (primary N) is 1. The molecule has 3 N–H and O–H groups in total. The third-order valence-corrected chi connectivity index (χ3v) is 4.53. The Morgan fingerprint density at radius 2 is 2.21 bits per heavy atom. The minimum absolute atomic E-state index is 0.0595. The first-order chi connectivity index (χ1) is 11.7. The number of anilines is 1. The number of carbonyl (C=O) groups is 1. The second-order valence-corrected chi connectivity index (χ2v) is 6.08. The van der Waals surface area contributed by atoms with Crippen LogP contribution < -0.4 is 11.1 Å². The number of hydrogen-bond donors (Lipinski definition) is 2. The topological polar surface area (TPSA) is 99.6 Å². The number of amides is 1. The molecule has 1 aliphatic heterocycles. The fourth-order valence-corrected chi connectivity index (χ4v) is 2.90. The maximum atomic E-state index is 12.7. The number of hydrogen-bond acceptors (Lipinski definition) is 6. The number of rotatable bonds is 6. The van der Waals surface area contributed by atoms with Crippen LogP contribution in [-0.4, -0.2) is 44.4 Å². The molecule has 0 saturated carbocycles. The van der Waals surface area contributed by atoms with Crippen LogP contribution in [0.1, 0.15) is 18.7 Å². The summed E-state index contributed by atoms with van der Waals surface area (Å²) < 4.78 is 16.0. The summed E-state index contributed by atoms with van der Waals surface area (Å²) in [5, 5.41) is 2.97. The van der Waals surface area contributed by atoms with E-state index in [-0.39, 0.29) is 5.91 Å². The summed E-state index contributed by atoms with van der Waals surface area (Å²) in [6, 6.07) is 5.44. The van der Waals surface area contributed by atoms with Crippen LogP contribution in [0, 0.1) is 5.41 Å². The fraction of sp³-hybridized carbons (Fsp3) is 0.529. The molecule has 0 spiro atoms. The van der Waals surface area contributed by atoms with Crippen molar-refractivity contribution < 1.29 is 18.7 Å². The van der Waals surface area contributed by atoms with Crippen LogP contribution in [0.15, 0.2) is 22.6 Å². The highest BCUT2D eigenvalue weighted by Gasteiger charge is 2.38. The number of benzene rings is 1. The van der Waals surface area contributed by atoms with Crippen LogP contribution in [0.5, 0.6) is 0 Å². The number of carbonyl (C=O) groups excluding carboxylic acids is 1. The zero-order chi connectivity index (χ0) is 17.0. The van der Waals surface area contributed by atoms with Gasteiger partial charge in [-0.15, -0.1) is 0 Å². The number of nitrogens with one attached hydrogen (secondary N) is 1. The molecular formula is C17H23N3O4. The summed E-state index contributed by atoms with van der Waals surface area (Å²) in [6.07, 6.45) is 1.90. The van der Waals surface area contributed by atoms with Gasteiger partial charge in [0, 0.05) is 39.0 Å². The van der Waals surface area contributed by atoms with Crippen molar-refractivity contribution >= 4 is 22.7 Å². The third kappa shape index (κ3) is 3.43. The maximum absolute atomic E-state index is 12.7. The molecule has 24 heavy (non-hydrogen) atoms. The monoisotopic (exact) mass is 333 g/mol. The van der Waals surface area contributed by atoms with Crippen LogP contribution in [0.25, 0.3) is 11.1 Å². The number of aromatic nitrogens is 1. The van der Waals surface area contributed by atoms with E-state index in [1.54, 1.807) is 7.11 Å². The van der Waals surface area contributed by atoms with Gasteiger partial charge in [-0.2, -0.15) is 0 Å². The van der Waals surface area contributed by atoms with Gasteiger partial charge in [0.15, 0.2) is 11.5 Å². The van der Waals surface area contributed by atoms with Gasteiger partial charge >= 0.3 is 0 Å². The van der Waals surface area contributed by atoms with Gasteiger partial charge in [-0.1, -0.05) is 0 Å². The summed E-state index contributed by atoms with van der Waals surface area (Å²) in [7, 11) is 1.64. The highest BCUT2D eigenvalue weighted by atomic mass is 16.5. The average Bonchev–Trinajstić information content (AvgIpc) is 3.02. The van der Waals surface area contributed by atoms with E-state index in [4.69, 9.17) is 19.6 Å². The highest BCUT2D eigenvalue weighted by molar-refractivity contribution is 5.97. The zero-order valence-corrected chi connectivity index (χ0v) is 13.8. The lowest BCUT2D eigenvalue weighted by atomic mass is 9.79. The summed E-state index contributed by atoms with van der Waals surface area (Å²) in [6.45, 7) is 2.00. The summed E-state index contributed by atoms with van der Waals surface area (Å²) in [4.78, 5) is 17.1. The summed E-state index contributed by atoms with van der Waals surface area (Å²) >= 11 is 0. The SMILES string of the molecule is COCCc1nc2cc(NC(=O)C3(CN)CCOCC3)ccc2o1. The van der Waals surface area contributed by atoms with Gasteiger partial charge < -0.3 is 24.9 Å². The molecule has 1 aromatic heterocycles. The molecule has 1 aliphatic rings. The first-order valence-corrected chi connectivity index (χ1v) is 8.14. The molecule has 7 nitrogen and oxygen atoms in total. The van der Waals surface area contributed by atoms with Crippen molar-refractivity contribution in [2.75, 3.05) is 38.8 Å². The molecule has 2 heterocycles. The van der Waals surface area contributed by atoms with Crippen molar-refractivity contribution in [3.8, 4) is 0 Å². The predicted octanol–water partition coefficient (Wildman–Crippen LogP) is 1.71. The smallest absolute Gasteiger partial charge is 0.232 e. The molecule has 0 aliphatic carbocycles. The van der Waals surface area contributed by atoms with Crippen LogP contribution in [0.2, 0.25) is 0 Å². The van der Waals surface area contributed by atoms with E-state index in [9.17, 15) is 4.79 Å². The molecule has 1 amide bonds. The number of methoxy groups -OCH3 is 1. The van der Waals surface area contributed by atoms with E-state index in [1.165, 1.54) is 0 Å². The number of ether oxygens (including phenoxy) is 2. The Balaban J connectivity index is 1.75. The largest absolute Gasteiger partial charge is 0.441 e. The van der Waals surface area contributed by atoms with Crippen LogP contribution in [0.4, 0.5) is 5.69 Å². The Morgan fingerprint density at radius 3 is 2.92 bits per heavy atom. The molecule has 0 unspecified atom stereocenters. The lowest BCUT2D eigenvalue weighted by molar-refractivity contribution is -0.130. The van der Waals surface area contributed by atoms with Crippen LogP contribution >= 0.6 is 0 Å². The van der Waals surface area contributed by atoms with Gasteiger partial charge in [-0.3, -0.25) is 4.79 Å². The van der Waals surface area contributed by atoms with E-state index >= 15 is 0 Å². The first-order valence-electron chi connectivity index (χ1n) is 8.14. The highest BCUT2D eigenvalue weighted by Crippen LogP contribution is 2.31. The lowest BCUT2D eigenvalue weighted by Gasteiger charge is -2.34. The number of oxazole rings is 1. The van der Waals surface area contributed by atoms with E-state index in [0.29, 0.717) is 68.3 Å². The quantitative estimate of drug-likeness (QED) is 0.835. The van der Waals surface area contributed by atoms with E-state index < -0.39 is 5.41 Å². The molecule has 0 bridgehead atoms. The van der Waals surface area contributed by atoms with Crippen molar-refractivity contribution in [2.45, 2.75) is 19.3 Å². The lowest BCUT2D eigenvalue weighted by Crippen LogP contribution is -2.46. The fourth-order valence-electron chi connectivity index (χ4n) is 2.90. The Kier molecular flexibility index (Phi) is 5.13. The van der Waals surface area contributed by atoms with Crippen LogP contribution in [0.3, 0.4) is 0 Å². The first kappa shape index (κ1) is 16.9. The minimum atomic E-state index is -0.555. The van der Waals surface area contributed by atoms with Gasteiger partial charge in [0.1, 0.15) is 5.52 Å². The summed E-state index contributed by atoms with van der Waals surface area (Å²) in [5.74, 6) is 0.564. The molecule has 2 aromatic rings. The van der Waals surface area contributed by atoms with Gasteiger partial charge in [0.25, 0.3) is 0 Å². The van der Waals surface area contributed by atoms with Crippen molar-refractivity contribution in [2.24, 2.45) is 11.1 Å². The second kappa shape index (κ2) is 7.29. The molecule has 0 radical (unpaired) electrons. The molecule has 1 saturated heterocycles. The Bertz CT molecular complexity index is 707. The molecule has 130 valence electrons. The van der Waals surface area contributed by atoms with E-state index in [2.05, 4.69) is 10.3 Å². The molecule has 3 rings (SSSR count). The molecular weight excluding hydrogens is 310 g/mol. The van der Waals surface area contributed by atoms with Crippen molar-refractivity contribution in [1.29, 1.82) is 0 Å². The van der Waals surface area contributed by atoms with Gasteiger partial charge in [0.05, 0.1) is 12.0 Å². The van der Waals surface area contributed by atoms with Gasteiger partial charge in [-0.05, 0) is 31.0 Å². The van der Waals surface area contributed by atoms with Gasteiger partial charge in [0.2, 0.25) is 5.91 Å². The molecule has 1 fully saturated rings. The van der Waals surface area contributed by atoms with Gasteiger partial charge in [-0.25, -0.2) is 4.98 Å². The normalized spacial score (nSPS) is 17.1. The van der Waals surface area contributed by atoms with E-state index in [0.717, 1.165) is 0 Å². The molecule has 1 aromatic carbocycles. The Hall–Kier alpha value is -1.96. The zero-order valence-electron chi connectivity index (χ0n) is 13.8. The number of nitrogens with zero attached hydrogens (tertiary/aromatic N) is 1. The Morgan fingerprint density at radius 1 is 1.42 bits per heavy atom. The minimum Gasteiger partial charge on any atom is -0.441 e. The maximum Gasteiger partial charge on any atom is 0.232 e. The average molecular weight is 333 g/mol. The van der Waals surface area contributed by atoms with Crippen molar-refractivity contribution in [3.63, 3.8) is 0 Å². The van der Waals surface area contributed by atoms with E-state index in [1.807, 2.05) is 18.2 Å². The third-order valence-electron chi connectivity index (χ3n) is 4.53. The van der Waals surface area contributed by atoms with Crippen LogP contribution in [-0.2, 0) is 20.7 Å². The number of fused-ring (bicyclic) bond motifs is 1. The summed E-state index contributed by atoms with van der Waals surface area (Å²) in [5.41, 5.74) is 7.42. The molecule has 7 heteroatoms.